The fourth-order valence-electron chi connectivity index (χ4n) is 1.43. The number of carbonyl (C=O) groups is 2. The van der Waals surface area contributed by atoms with E-state index in [4.69, 9.17) is 0 Å². The molecule has 8 nitrogen and oxygen atoms in total. The fraction of sp³-hybridized carbons (Fsp3) is 0.333. The number of hydrogen-bond acceptors (Lipinski definition) is 4. The van der Waals surface area contributed by atoms with Crippen molar-refractivity contribution >= 4 is 33.3 Å². The van der Waals surface area contributed by atoms with Crippen LogP contribution >= 0.6 is 0 Å². The van der Waals surface area contributed by atoms with E-state index >= 15 is 0 Å². The van der Waals surface area contributed by atoms with E-state index in [1.54, 1.807) is 12.1 Å². The van der Waals surface area contributed by atoms with Crippen LogP contribution < -0.4 is 20.7 Å². The van der Waals surface area contributed by atoms with Crippen LogP contribution in [0.1, 0.15) is 6.92 Å². The molecule has 0 saturated carbocycles. The summed E-state index contributed by atoms with van der Waals surface area (Å²) in [4.78, 5) is 22.1. The van der Waals surface area contributed by atoms with Crippen molar-refractivity contribution in [1.29, 1.82) is 0 Å². The van der Waals surface area contributed by atoms with Gasteiger partial charge < -0.3 is 16.0 Å². The summed E-state index contributed by atoms with van der Waals surface area (Å²) in [5, 5.41) is 7.69. The van der Waals surface area contributed by atoms with E-state index in [0.717, 1.165) is 6.26 Å². The number of rotatable bonds is 6. The van der Waals surface area contributed by atoms with Gasteiger partial charge in [0.05, 0.1) is 6.26 Å². The highest BCUT2D eigenvalue weighted by atomic mass is 32.2. The molecule has 1 rings (SSSR count). The Morgan fingerprint density at radius 3 is 2.05 bits per heavy atom. The molecule has 21 heavy (non-hydrogen) atoms. The summed E-state index contributed by atoms with van der Waals surface area (Å²) in [7, 11) is -3.32. The number of carbonyl (C=O) groups excluding carboxylic acids is 2. The third kappa shape index (κ3) is 7.78. The standard InChI is InChI=1S/C12H18N4O4S/c1-9(17)13-7-8-14-12(18)15-10-3-5-11(6-4-10)16-21(2,19)20/h3-6,16H,7-8H2,1-2H3,(H,13,17)(H2,14,15,18). The molecule has 0 heterocycles. The summed E-state index contributed by atoms with van der Waals surface area (Å²) in [5.74, 6) is -0.161. The van der Waals surface area contributed by atoms with E-state index in [-0.39, 0.29) is 5.91 Å². The third-order valence-corrected chi connectivity index (χ3v) is 2.84. The molecule has 0 aliphatic carbocycles. The van der Waals surface area contributed by atoms with Crippen molar-refractivity contribution in [1.82, 2.24) is 10.6 Å². The molecule has 1 aromatic rings. The van der Waals surface area contributed by atoms with Crippen LogP contribution in [0.15, 0.2) is 24.3 Å². The zero-order valence-electron chi connectivity index (χ0n) is 11.8. The van der Waals surface area contributed by atoms with E-state index in [2.05, 4.69) is 20.7 Å². The normalized spacial score (nSPS) is 10.6. The van der Waals surface area contributed by atoms with E-state index in [0.29, 0.717) is 24.5 Å². The van der Waals surface area contributed by atoms with Crippen molar-refractivity contribution < 1.29 is 18.0 Å². The van der Waals surface area contributed by atoms with Gasteiger partial charge in [-0.25, -0.2) is 13.2 Å². The summed E-state index contributed by atoms with van der Waals surface area (Å²) >= 11 is 0. The summed E-state index contributed by atoms with van der Waals surface area (Å²) in [6.45, 7) is 2.05. The lowest BCUT2D eigenvalue weighted by atomic mass is 10.3. The van der Waals surface area contributed by atoms with Gasteiger partial charge in [0, 0.05) is 31.4 Å². The molecular formula is C12H18N4O4S. The average Bonchev–Trinajstić information content (AvgIpc) is 2.35. The molecule has 9 heteroatoms. The van der Waals surface area contributed by atoms with Crippen molar-refractivity contribution in [3.63, 3.8) is 0 Å². The monoisotopic (exact) mass is 314 g/mol. The van der Waals surface area contributed by atoms with Gasteiger partial charge in [-0.3, -0.25) is 9.52 Å². The summed E-state index contributed by atoms with van der Waals surface area (Å²) in [6, 6.07) is 5.80. The Labute approximate surface area is 123 Å². The predicted octanol–water partition coefficient (Wildman–Crippen LogP) is 0.316. The lowest BCUT2D eigenvalue weighted by Crippen LogP contribution is -2.36. The lowest BCUT2D eigenvalue weighted by molar-refractivity contribution is -0.118. The van der Waals surface area contributed by atoms with E-state index in [1.165, 1.54) is 19.1 Å². The van der Waals surface area contributed by atoms with Crippen molar-refractivity contribution in [2.75, 3.05) is 29.4 Å². The van der Waals surface area contributed by atoms with Crippen molar-refractivity contribution in [2.24, 2.45) is 0 Å². The van der Waals surface area contributed by atoms with Crippen molar-refractivity contribution in [2.45, 2.75) is 6.92 Å². The van der Waals surface area contributed by atoms with Crippen LogP contribution in [0.2, 0.25) is 0 Å². The first-order valence-electron chi connectivity index (χ1n) is 6.13. The second kappa shape index (κ2) is 7.48. The number of anilines is 2. The maximum absolute atomic E-state index is 11.5. The second-order valence-electron chi connectivity index (χ2n) is 4.32. The fourth-order valence-corrected chi connectivity index (χ4v) is 1.99. The largest absolute Gasteiger partial charge is 0.355 e. The molecule has 0 aromatic heterocycles. The molecule has 0 aliphatic heterocycles. The Hall–Kier alpha value is -2.29. The smallest absolute Gasteiger partial charge is 0.319 e. The Bertz CT molecular complexity index is 598. The second-order valence-corrected chi connectivity index (χ2v) is 6.06. The molecule has 0 unspecified atom stereocenters. The van der Waals surface area contributed by atoms with Gasteiger partial charge in [-0.15, -0.1) is 0 Å². The quantitative estimate of drug-likeness (QED) is 0.566. The van der Waals surface area contributed by atoms with Gasteiger partial charge in [0.1, 0.15) is 0 Å². The Kier molecular flexibility index (Phi) is 5.97. The number of urea groups is 1. The minimum absolute atomic E-state index is 0.161. The van der Waals surface area contributed by atoms with Crippen LogP contribution in [0.5, 0.6) is 0 Å². The Morgan fingerprint density at radius 1 is 1.00 bits per heavy atom. The topological polar surface area (TPSA) is 116 Å². The van der Waals surface area contributed by atoms with Crippen LogP contribution in [0, 0.1) is 0 Å². The van der Waals surface area contributed by atoms with Crippen LogP contribution in [0.4, 0.5) is 16.2 Å². The molecule has 4 N–H and O–H groups in total. The molecule has 0 bridgehead atoms. The maximum atomic E-state index is 11.5. The highest BCUT2D eigenvalue weighted by Gasteiger charge is 2.03. The number of benzene rings is 1. The van der Waals surface area contributed by atoms with Crippen LogP contribution in [-0.4, -0.2) is 39.7 Å². The molecule has 0 radical (unpaired) electrons. The van der Waals surface area contributed by atoms with E-state index in [9.17, 15) is 18.0 Å². The Balaban J connectivity index is 2.41. The van der Waals surface area contributed by atoms with Gasteiger partial charge in [-0.05, 0) is 24.3 Å². The highest BCUT2D eigenvalue weighted by Crippen LogP contribution is 2.14. The summed E-state index contributed by atoms with van der Waals surface area (Å²) in [5.41, 5.74) is 0.931. The zero-order valence-corrected chi connectivity index (χ0v) is 12.6. The minimum atomic E-state index is -3.32. The van der Waals surface area contributed by atoms with Crippen LogP contribution in [-0.2, 0) is 14.8 Å². The molecule has 3 amide bonds. The van der Waals surface area contributed by atoms with Gasteiger partial charge in [-0.1, -0.05) is 0 Å². The molecule has 0 spiro atoms. The minimum Gasteiger partial charge on any atom is -0.355 e. The molecule has 116 valence electrons. The number of sulfonamides is 1. The Morgan fingerprint density at radius 2 is 1.52 bits per heavy atom. The molecule has 0 atom stereocenters. The number of hydrogen-bond donors (Lipinski definition) is 4. The van der Waals surface area contributed by atoms with Gasteiger partial charge in [0.15, 0.2) is 0 Å². The van der Waals surface area contributed by atoms with Crippen LogP contribution in [0.3, 0.4) is 0 Å². The van der Waals surface area contributed by atoms with E-state index < -0.39 is 16.1 Å². The predicted molar refractivity (Wildman–Crippen MR) is 80.6 cm³/mol. The summed E-state index contributed by atoms with van der Waals surface area (Å²) in [6.07, 6.45) is 1.06. The first-order chi connectivity index (χ1) is 9.76. The maximum Gasteiger partial charge on any atom is 0.319 e. The third-order valence-electron chi connectivity index (χ3n) is 2.23. The average molecular weight is 314 g/mol. The SMILES string of the molecule is CC(=O)NCCNC(=O)Nc1ccc(NS(C)(=O)=O)cc1. The number of nitrogens with one attached hydrogen (secondary N) is 4. The van der Waals surface area contributed by atoms with Gasteiger partial charge >= 0.3 is 6.03 Å². The van der Waals surface area contributed by atoms with Crippen LogP contribution in [0.25, 0.3) is 0 Å². The van der Waals surface area contributed by atoms with Crippen molar-refractivity contribution in [3.05, 3.63) is 24.3 Å². The lowest BCUT2D eigenvalue weighted by Gasteiger charge is -2.09. The van der Waals surface area contributed by atoms with Crippen molar-refractivity contribution in [3.8, 4) is 0 Å². The highest BCUT2D eigenvalue weighted by molar-refractivity contribution is 7.92. The molecule has 0 fully saturated rings. The molecule has 1 aromatic carbocycles. The molecule has 0 saturated heterocycles. The van der Waals surface area contributed by atoms with Gasteiger partial charge in [0.25, 0.3) is 0 Å². The molecule has 0 aliphatic rings. The number of amides is 3. The summed E-state index contributed by atoms with van der Waals surface area (Å²) < 4.78 is 24.4. The van der Waals surface area contributed by atoms with Gasteiger partial charge in [0.2, 0.25) is 15.9 Å². The first kappa shape index (κ1) is 16.8. The van der Waals surface area contributed by atoms with E-state index in [1.807, 2.05) is 0 Å². The first-order valence-corrected chi connectivity index (χ1v) is 8.02. The zero-order chi connectivity index (χ0) is 15.9. The molecular weight excluding hydrogens is 296 g/mol. The van der Waals surface area contributed by atoms with Gasteiger partial charge in [-0.2, -0.15) is 0 Å².